The molecule has 0 aromatic carbocycles. The number of carbonyl (C=O) groups is 1. The third-order valence-corrected chi connectivity index (χ3v) is 1.73. The first-order valence-electron chi connectivity index (χ1n) is 3.82. The van der Waals surface area contributed by atoms with Crippen LogP contribution in [-0.4, -0.2) is 11.3 Å². The Kier molecular flexibility index (Phi) is 3.08. The van der Waals surface area contributed by atoms with Crippen molar-refractivity contribution >= 4 is 12.0 Å². The van der Waals surface area contributed by atoms with Gasteiger partial charge in [-0.3, -0.25) is 4.79 Å². The van der Waals surface area contributed by atoms with Crippen molar-refractivity contribution < 1.29 is 13.6 Å². The molecule has 1 rings (SSSR count). The first-order valence-corrected chi connectivity index (χ1v) is 3.82. The van der Waals surface area contributed by atoms with E-state index in [4.69, 9.17) is 11.5 Å². The summed E-state index contributed by atoms with van der Waals surface area (Å²) in [6, 6.07) is 0.964. The molecule has 0 bridgehead atoms. The molecule has 0 saturated heterocycles. The average molecular weight is 201 g/mol. The Morgan fingerprint density at radius 3 is 2.64 bits per heavy atom. The van der Waals surface area contributed by atoms with E-state index >= 15 is 0 Å². The molecule has 0 saturated carbocycles. The van der Waals surface area contributed by atoms with Crippen LogP contribution in [0.25, 0.3) is 0 Å². The Hall–Kier alpha value is -1.56. The fraction of sp³-hybridized carbons (Fsp3) is 0.250. The molecule has 0 aliphatic carbocycles. The summed E-state index contributed by atoms with van der Waals surface area (Å²) in [5.41, 5.74) is 10.4. The van der Waals surface area contributed by atoms with E-state index < -0.39 is 12.1 Å². The lowest BCUT2D eigenvalue weighted by atomic mass is 10.1. The molecule has 6 heteroatoms. The second-order valence-corrected chi connectivity index (χ2v) is 2.62. The van der Waals surface area contributed by atoms with Gasteiger partial charge < -0.3 is 11.5 Å². The molecular weight excluding hydrogens is 192 g/mol. The highest BCUT2D eigenvalue weighted by Gasteiger charge is 2.14. The Balaban J connectivity index is 3.31. The SMILES string of the molecule is NCc1nc(C(F)F)cc(C=O)c1N. The number of rotatable bonds is 3. The fourth-order valence-corrected chi connectivity index (χ4v) is 1.02. The van der Waals surface area contributed by atoms with Crippen LogP contribution in [0.1, 0.15) is 28.2 Å². The maximum absolute atomic E-state index is 12.3. The van der Waals surface area contributed by atoms with Gasteiger partial charge in [0, 0.05) is 12.1 Å². The first-order chi connectivity index (χ1) is 6.60. The van der Waals surface area contributed by atoms with E-state index in [0.29, 0.717) is 6.29 Å². The zero-order valence-corrected chi connectivity index (χ0v) is 7.21. The molecule has 0 fully saturated rings. The number of aromatic nitrogens is 1. The van der Waals surface area contributed by atoms with Crippen LogP contribution in [0, 0.1) is 0 Å². The van der Waals surface area contributed by atoms with Crippen LogP contribution in [0.15, 0.2) is 6.07 Å². The molecule has 0 spiro atoms. The largest absolute Gasteiger partial charge is 0.397 e. The van der Waals surface area contributed by atoms with Crippen molar-refractivity contribution in [1.29, 1.82) is 0 Å². The third-order valence-electron chi connectivity index (χ3n) is 1.73. The van der Waals surface area contributed by atoms with Crippen LogP contribution < -0.4 is 11.5 Å². The highest BCUT2D eigenvalue weighted by molar-refractivity contribution is 5.84. The fourth-order valence-electron chi connectivity index (χ4n) is 1.02. The maximum Gasteiger partial charge on any atom is 0.280 e. The lowest BCUT2D eigenvalue weighted by molar-refractivity contribution is 0.112. The second-order valence-electron chi connectivity index (χ2n) is 2.62. The summed E-state index contributed by atoms with van der Waals surface area (Å²) in [5, 5.41) is 0. The molecular formula is C8H9F2N3O. The Morgan fingerprint density at radius 2 is 2.21 bits per heavy atom. The van der Waals surface area contributed by atoms with Gasteiger partial charge in [0.25, 0.3) is 6.43 Å². The first kappa shape index (κ1) is 10.5. The van der Waals surface area contributed by atoms with E-state index in [1.54, 1.807) is 0 Å². The van der Waals surface area contributed by atoms with Crippen LogP contribution >= 0.6 is 0 Å². The van der Waals surface area contributed by atoms with Crippen molar-refractivity contribution in [3.8, 4) is 0 Å². The zero-order valence-electron chi connectivity index (χ0n) is 7.21. The van der Waals surface area contributed by atoms with Crippen LogP contribution in [0.2, 0.25) is 0 Å². The second kappa shape index (κ2) is 4.10. The lowest BCUT2D eigenvalue weighted by Gasteiger charge is -2.07. The highest BCUT2D eigenvalue weighted by atomic mass is 19.3. The number of anilines is 1. The predicted octanol–water partition coefficient (Wildman–Crippen LogP) is 0.873. The summed E-state index contributed by atoms with van der Waals surface area (Å²) in [4.78, 5) is 14.0. The van der Waals surface area contributed by atoms with Gasteiger partial charge in [-0.25, -0.2) is 13.8 Å². The van der Waals surface area contributed by atoms with Gasteiger partial charge >= 0.3 is 0 Å². The molecule has 0 aliphatic rings. The predicted molar refractivity (Wildman–Crippen MR) is 46.9 cm³/mol. The molecule has 1 heterocycles. The minimum Gasteiger partial charge on any atom is -0.397 e. The van der Waals surface area contributed by atoms with E-state index in [0.717, 1.165) is 6.07 Å². The molecule has 1 aromatic heterocycles. The summed E-state index contributed by atoms with van der Waals surface area (Å²) in [7, 11) is 0. The topological polar surface area (TPSA) is 82.0 Å². The Labute approximate surface area is 78.9 Å². The zero-order chi connectivity index (χ0) is 10.7. The minimum atomic E-state index is -2.74. The molecule has 0 atom stereocenters. The number of halogens is 2. The average Bonchev–Trinajstić information content (AvgIpc) is 2.17. The van der Waals surface area contributed by atoms with Crippen molar-refractivity contribution in [2.24, 2.45) is 5.73 Å². The van der Waals surface area contributed by atoms with Crippen molar-refractivity contribution in [1.82, 2.24) is 4.98 Å². The standard InChI is InChI=1S/C8H9F2N3O/c9-8(10)5-1-4(3-14)7(12)6(2-11)13-5/h1,3,8H,2,11-12H2. The van der Waals surface area contributed by atoms with Crippen molar-refractivity contribution in [3.05, 3.63) is 23.0 Å². The molecule has 4 N–H and O–H groups in total. The van der Waals surface area contributed by atoms with Gasteiger partial charge in [-0.2, -0.15) is 0 Å². The van der Waals surface area contributed by atoms with Gasteiger partial charge in [-0.05, 0) is 6.07 Å². The highest BCUT2D eigenvalue weighted by Crippen LogP contribution is 2.22. The normalized spacial score (nSPS) is 10.6. The number of carbonyl (C=O) groups excluding carboxylic acids is 1. The van der Waals surface area contributed by atoms with Crippen LogP contribution in [0.5, 0.6) is 0 Å². The summed E-state index contributed by atoms with van der Waals surface area (Å²) in [6.45, 7) is -0.0762. The molecule has 4 nitrogen and oxygen atoms in total. The number of nitrogen functional groups attached to an aromatic ring is 1. The van der Waals surface area contributed by atoms with E-state index in [2.05, 4.69) is 4.98 Å². The van der Waals surface area contributed by atoms with Crippen molar-refractivity contribution in [2.75, 3.05) is 5.73 Å². The molecule has 0 unspecified atom stereocenters. The number of pyridine rings is 1. The summed E-state index contributed by atoms with van der Waals surface area (Å²) < 4.78 is 24.5. The molecule has 0 aliphatic heterocycles. The number of hydrogen-bond donors (Lipinski definition) is 2. The van der Waals surface area contributed by atoms with Gasteiger partial charge in [0.2, 0.25) is 0 Å². The quantitative estimate of drug-likeness (QED) is 0.711. The van der Waals surface area contributed by atoms with E-state index in [1.807, 2.05) is 0 Å². The van der Waals surface area contributed by atoms with Gasteiger partial charge in [0.1, 0.15) is 5.69 Å². The minimum absolute atomic E-state index is 0.00394. The summed E-state index contributed by atoms with van der Waals surface area (Å²) in [5.74, 6) is 0. The number of nitrogens with zero attached hydrogens (tertiary/aromatic N) is 1. The summed E-state index contributed by atoms with van der Waals surface area (Å²) >= 11 is 0. The van der Waals surface area contributed by atoms with Gasteiger partial charge in [-0.15, -0.1) is 0 Å². The van der Waals surface area contributed by atoms with Crippen LogP contribution in [0.4, 0.5) is 14.5 Å². The molecule has 14 heavy (non-hydrogen) atoms. The van der Waals surface area contributed by atoms with Crippen LogP contribution in [0.3, 0.4) is 0 Å². The molecule has 1 aromatic rings. The third kappa shape index (κ3) is 1.85. The number of aldehydes is 1. The molecule has 0 amide bonds. The van der Waals surface area contributed by atoms with E-state index in [-0.39, 0.29) is 23.5 Å². The Morgan fingerprint density at radius 1 is 1.57 bits per heavy atom. The van der Waals surface area contributed by atoms with Gasteiger partial charge in [0.05, 0.1) is 11.4 Å². The number of hydrogen-bond acceptors (Lipinski definition) is 4. The summed E-state index contributed by atoms with van der Waals surface area (Å²) in [6.07, 6.45) is -2.33. The van der Waals surface area contributed by atoms with Gasteiger partial charge in [-0.1, -0.05) is 0 Å². The molecule has 0 radical (unpaired) electrons. The maximum atomic E-state index is 12.3. The Bertz CT molecular complexity index is 355. The van der Waals surface area contributed by atoms with E-state index in [1.165, 1.54) is 0 Å². The lowest BCUT2D eigenvalue weighted by Crippen LogP contribution is -2.09. The van der Waals surface area contributed by atoms with Crippen molar-refractivity contribution in [3.63, 3.8) is 0 Å². The van der Waals surface area contributed by atoms with Gasteiger partial charge in [0.15, 0.2) is 6.29 Å². The van der Waals surface area contributed by atoms with E-state index in [9.17, 15) is 13.6 Å². The number of alkyl halides is 2. The number of nitrogens with two attached hydrogens (primary N) is 2. The monoisotopic (exact) mass is 201 g/mol. The smallest absolute Gasteiger partial charge is 0.280 e. The molecule has 76 valence electrons. The van der Waals surface area contributed by atoms with Crippen molar-refractivity contribution in [2.45, 2.75) is 13.0 Å². The van der Waals surface area contributed by atoms with Crippen LogP contribution in [-0.2, 0) is 6.54 Å².